The van der Waals surface area contributed by atoms with Gasteiger partial charge in [-0.25, -0.2) is 4.98 Å². The monoisotopic (exact) mass is 287 g/mol. The molecule has 2 rings (SSSR count). The lowest BCUT2D eigenvalue weighted by Gasteiger charge is -2.23. The fraction of sp³-hybridized carbons (Fsp3) is 0.375. The third-order valence-corrected chi connectivity index (χ3v) is 3.26. The summed E-state index contributed by atoms with van der Waals surface area (Å²) in [6, 6.07) is 9.14. The summed E-state index contributed by atoms with van der Waals surface area (Å²) in [7, 11) is 0. The summed E-state index contributed by atoms with van der Waals surface area (Å²) in [6.45, 7) is 5.76. The summed E-state index contributed by atoms with van der Waals surface area (Å²) in [6.07, 6.45) is 3.26. The lowest BCUT2D eigenvalue weighted by molar-refractivity contribution is 0.276. The first-order chi connectivity index (χ1) is 9.93. The van der Waals surface area contributed by atoms with E-state index < -0.39 is 0 Å². The van der Waals surface area contributed by atoms with Crippen LogP contribution in [0.4, 0.5) is 5.82 Å². The van der Waals surface area contributed by atoms with Crippen LogP contribution in [0.1, 0.15) is 32.4 Å². The predicted molar refractivity (Wildman–Crippen MR) is 83.4 cm³/mol. The van der Waals surface area contributed by atoms with Crippen LogP contribution in [0.3, 0.4) is 0 Å². The van der Waals surface area contributed by atoms with Crippen LogP contribution >= 0.6 is 0 Å². The molecule has 2 N–H and O–H groups in total. The Kier molecular flexibility index (Phi) is 4.43. The largest absolute Gasteiger partial charge is 0.394 e. The van der Waals surface area contributed by atoms with E-state index >= 15 is 0 Å². The summed E-state index contributed by atoms with van der Waals surface area (Å²) in [5.41, 5.74) is 0.393. The van der Waals surface area contributed by atoms with Gasteiger partial charge < -0.3 is 15.0 Å². The number of aromatic nitrogens is 2. The van der Waals surface area contributed by atoms with E-state index in [1.165, 1.54) is 0 Å². The number of aliphatic hydroxyl groups excluding tert-OH is 1. The second-order valence-electron chi connectivity index (χ2n) is 5.91. The van der Waals surface area contributed by atoms with Gasteiger partial charge in [0.1, 0.15) is 0 Å². The van der Waals surface area contributed by atoms with E-state index in [0.29, 0.717) is 0 Å². The molecular formula is C16H21N3O2. The van der Waals surface area contributed by atoms with Crippen LogP contribution in [-0.4, -0.2) is 21.3 Å². The smallest absolute Gasteiger partial charge is 0.293 e. The van der Waals surface area contributed by atoms with E-state index in [9.17, 15) is 9.90 Å². The highest BCUT2D eigenvalue weighted by Gasteiger charge is 2.18. The minimum atomic E-state index is -0.359. The Labute approximate surface area is 124 Å². The third-order valence-electron chi connectivity index (χ3n) is 3.26. The van der Waals surface area contributed by atoms with Crippen molar-refractivity contribution in [2.24, 2.45) is 0 Å². The molecule has 1 aromatic heterocycles. The Hall–Kier alpha value is -2.14. The van der Waals surface area contributed by atoms with Gasteiger partial charge in [-0.15, -0.1) is 0 Å². The number of rotatable bonds is 4. The first-order valence-corrected chi connectivity index (χ1v) is 6.94. The molecule has 5 nitrogen and oxygen atoms in total. The molecule has 21 heavy (non-hydrogen) atoms. The van der Waals surface area contributed by atoms with E-state index in [4.69, 9.17) is 0 Å². The van der Waals surface area contributed by atoms with Crippen LogP contribution in [-0.2, 0) is 5.54 Å². The van der Waals surface area contributed by atoms with Gasteiger partial charge in [0, 0.05) is 17.9 Å². The molecule has 0 spiro atoms. The standard InChI is InChI=1S/C16H21N3O2/c1-16(2,3)19-10-9-17-14(15(19)21)18-13(11-20)12-7-5-4-6-8-12/h4-10,13,20H,11H2,1-3H3,(H,17,18). The molecule has 1 heterocycles. The Morgan fingerprint density at radius 1 is 1.29 bits per heavy atom. The number of hydrogen-bond donors (Lipinski definition) is 2. The van der Waals surface area contributed by atoms with Gasteiger partial charge in [-0.05, 0) is 26.3 Å². The minimum absolute atomic E-state index is 0.116. The molecule has 0 aliphatic heterocycles. The Morgan fingerprint density at radius 2 is 1.95 bits per heavy atom. The molecule has 1 aromatic carbocycles. The Bertz CT molecular complexity index is 645. The van der Waals surface area contributed by atoms with Crippen molar-refractivity contribution in [3.8, 4) is 0 Å². The van der Waals surface area contributed by atoms with Crippen molar-refractivity contribution in [1.82, 2.24) is 9.55 Å². The molecule has 0 saturated carbocycles. The molecule has 0 aliphatic rings. The minimum Gasteiger partial charge on any atom is -0.394 e. The molecule has 1 atom stereocenters. The van der Waals surface area contributed by atoms with Crippen LogP contribution < -0.4 is 10.9 Å². The van der Waals surface area contributed by atoms with Crippen molar-refractivity contribution in [2.45, 2.75) is 32.4 Å². The maximum Gasteiger partial charge on any atom is 0.293 e. The predicted octanol–water partition coefficient (Wildman–Crippen LogP) is 2.14. The number of anilines is 1. The fourth-order valence-corrected chi connectivity index (χ4v) is 2.12. The van der Waals surface area contributed by atoms with Crippen molar-refractivity contribution < 1.29 is 5.11 Å². The van der Waals surface area contributed by atoms with Crippen molar-refractivity contribution in [3.05, 3.63) is 58.6 Å². The highest BCUT2D eigenvalue weighted by molar-refractivity contribution is 5.36. The maximum atomic E-state index is 12.5. The molecule has 5 heteroatoms. The van der Waals surface area contributed by atoms with Crippen molar-refractivity contribution in [1.29, 1.82) is 0 Å². The molecule has 0 saturated heterocycles. The normalized spacial score (nSPS) is 13.0. The van der Waals surface area contributed by atoms with Gasteiger partial charge in [0.15, 0.2) is 5.82 Å². The topological polar surface area (TPSA) is 67.2 Å². The number of hydrogen-bond acceptors (Lipinski definition) is 4. The molecule has 2 aromatic rings. The first-order valence-electron chi connectivity index (χ1n) is 6.94. The average Bonchev–Trinajstić information content (AvgIpc) is 2.46. The summed E-state index contributed by atoms with van der Waals surface area (Å²) in [5, 5.41) is 12.6. The van der Waals surface area contributed by atoms with Crippen LogP contribution in [0.15, 0.2) is 47.5 Å². The van der Waals surface area contributed by atoms with Gasteiger partial charge in [-0.2, -0.15) is 0 Å². The second kappa shape index (κ2) is 6.10. The number of benzene rings is 1. The van der Waals surface area contributed by atoms with E-state index in [2.05, 4.69) is 10.3 Å². The Morgan fingerprint density at radius 3 is 2.52 bits per heavy atom. The zero-order valence-electron chi connectivity index (χ0n) is 12.6. The van der Waals surface area contributed by atoms with Crippen molar-refractivity contribution >= 4 is 5.82 Å². The van der Waals surface area contributed by atoms with Crippen LogP contribution in [0.2, 0.25) is 0 Å². The molecule has 0 bridgehead atoms. The molecule has 112 valence electrons. The summed E-state index contributed by atoms with van der Waals surface area (Å²) in [5.74, 6) is 0.246. The molecular weight excluding hydrogens is 266 g/mol. The first kappa shape index (κ1) is 15.3. The van der Waals surface area contributed by atoms with Crippen LogP contribution in [0, 0.1) is 0 Å². The van der Waals surface area contributed by atoms with Gasteiger partial charge in [-0.3, -0.25) is 4.79 Å². The number of nitrogens with zero attached hydrogens (tertiary/aromatic N) is 2. The molecule has 0 fully saturated rings. The van der Waals surface area contributed by atoms with Gasteiger partial charge in [0.25, 0.3) is 5.56 Å². The number of aliphatic hydroxyl groups is 1. The average molecular weight is 287 g/mol. The van der Waals surface area contributed by atoms with E-state index in [1.807, 2.05) is 51.1 Å². The summed E-state index contributed by atoms with van der Waals surface area (Å²) >= 11 is 0. The zero-order chi connectivity index (χ0) is 15.5. The number of nitrogens with one attached hydrogen (secondary N) is 1. The quantitative estimate of drug-likeness (QED) is 0.904. The van der Waals surface area contributed by atoms with Crippen molar-refractivity contribution in [2.75, 3.05) is 11.9 Å². The second-order valence-corrected chi connectivity index (χ2v) is 5.91. The van der Waals surface area contributed by atoms with E-state index in [0.717, 1.165) is 5.56 Å². The van der Waals surface area contributed by atoms with E-state index in [1.54, 1.807) is 17.0 Å². The SMILES string of the molecule is CC(C)(C)n1ccnc(NC(CO)c2ccccc2)c1=O. The summed E-state index contributed by atoms with van der Waals surface area (Å²) in [4.78, 5) is 16.6. The van der Waals surface area contributed by atoms with E-state index in [-0.39, 0.29) is 29.6 Å². The van der Waals surface area contributed by atoms with Crippen LogP contribution in [0.25, 0.3) is 0 Å². The molecule has 0 radical (unpaired) electrons. The van der Waals surface area contributed by atoms with Gasteiger partial charge in [0.2, 0.25) is 0 Å². The zero-order valence-corrected chi connectivity index (χ0v) is 12.6. The fourth-order valence-electron chi connectivity index (χ4n) is 2.12. The van der Waals surface area contributed by atoms with Gasteiger partial charge in [-0.1, -0.05) is 30.3 Å². The molecule has 1 unspecified atom stereocenters. The highest BCUT2D eigenvalue weighted by Crippen LogP contribution is 2.17. The molecule has 0 amide bonds. The lowest BCUT2D eigenvalue weighted by atomic mass is 10.1. The Balaban J connectivity index is 2.33. The van der Waals surface area contributed by atoms with Gasteiger partial charge >= 0.3 is 0 Å². The lowest BCUT2D eigenvalue weighted by Crippen LogP contribution is -2.35. The van der Waals surface area contributed by atoms with Crippen molar-refractivity contribution in [3.63, 3.8) is 0 Å². The summed E-state index contributed by atoms with van der Waals surface area (Å²) < 4.78 is 1.63. The highest BCUT2D eigenvalue weighted by atomic mass is 16.3. The van der Waals surface area contributed by atoms with Crippen LogP contribution in [0.5, 0.6) is 0 Å². The maximum absolute atomic E-state index is 12.5. The molecule has 0 aliphatic carbocycles. The third kappa shape index (κ3) is 3.49. The van der Waals surface area contributed by atoms with Gasteiger partial charge in [0.05, 0.1) is 12.6 Å².